The summed E-state index contributed by atoms with van der Waals surface area (Å²) in [5, 5.41) is 3.03. The third kappa shape index (κ3) is 6.45. The Morgan fingerprint density at radius 3 is 2.38 bits per heavy atom. The average Bonchev–Trinajstić information content (AvgIpc) is 2.68. The molecular formula is C19H21ClN2O6S. The molecule has 10 heteroatoms. The van der Waals surface area contributed by atoms with E-state index in [1.165, 1.54) is 38.3 Å². The van der Waals surface area contributed by atoms with Gasteiger partial charge in [0.1, 0.15) is 11.8 Å². The zero-order chi connectivity index (χ0) is 21.6. The Morgan fingerprint density at radius 1 is 1.14 bits per heavy atom. The molecule has 0 bridgehead atoms. The number of aryl methyl sites for hydroxylation is 1. The first-order valence-electron chi connectivity index (χ1n) is 8.51. The summed E-state index contributed by atoms with van der Waals surface area (Å²) < 4.78 is 36.7. The minimum absolute atomic E-state index is 0.0352. The summed E-state index contributed by atoms with van der Waals surface area (Å²) in [6, 6.07) is 9.44. The largest absolute Gasteiger partial charge is 0.497 e. The molecule has 1 atom stereocenters. The highest BCUT2D eigenvalue weighted by molar-refractivity contribution is 7.89. The molecule has 0 heterocycles. The number of anilines is 1. The summed E-state index contributed by atoms with van der Waals surface area (Å²) in [7, 11) is -2.49. The van der Waals surface area contributed by atoms with Crippen LogP contribution in [0.1, 0.15) is 12.5 Å². The number of ether oxygens (including phenoxy) is 2. The number of rotatable bonds is 8. The number of carbonyl (C=O) groups is 2. The molecule has 0 unspecified atom stereocenters. The van der Waals surface area contributed by atoms with Crippen molar-refractivity contribution >= 4 is 39.2 Å². The van der Waals surface area contributed by atoms with Crippen LogP contribution in [0.2, 0.25) is 5.02 Å². The third-order valence-electron chi connectivity index (χ3n) is 3.86. The molecule has 0 spiro atoms. The van der Waals surface area contributed by atoms with Crippen LogP contribution in [0.4, 0.5) is 5.69 Å². The van der Waals surface area contributed by atoms with Gasteiger partial charge < -0.3 is 14.8 Å². The van der Waals surface area contributed by atoms with E-state index in [4.69, 9.17) is 21.1 Å². The summed E-state index contributed by atoms with van der Waals surface area (Å²) in [5.74, 6) is -0.972. The van der Waals surface area contributed by atoms with Crippen LogP contribution in [-0.4, -0.2) is 40.1 Å². The first-order chi connectivity index (χ1) is 13.6. The molecule has 2 aromatic carbocycles. The Labute approximate surface area is 174 Å². The maximum absolute atomic E-state index is 12.3. The number of halogens is 1. The van der Waals surface area contributed by atoms with Crippen LogP contribution < -0.4 is 14.8 Å². The Morgan fingerprint density at radius 2 is 1.79 bits per heavy atom. The van der Waals surface area contributed by atoms with Crippen molar-refractivity contribution < 1.29 is 27.5 Å². The molecule has 0 aliphatic heterocycles. The molecule has 0 aromatic heterocycles. The van der Waals surface area contributed by atoms with Crippen LogP contribution in [0.5, 0.6) is 5.75 Å². The molecule has 2 rings (SSSR count). The summed E-state index contributed by atoms with van der Waals surface area (Å²) in [6.07, 6.45) is 0. The minimum Gasteiger partial charge on any atom is -0.497 e. The fraction of sp³-hybridized carbons (Fsp3) is 0.263. The smallest absolute Gasteiger partial charge is 0.324 e. The molecule has 0 fully saturated rings. The quantitative estimate of drug-likeness (QED) is 0.610. The van der Waals surface area contributed by atoms with Crippen molar-refractivity contribution in [3.63, 3.8) is 0 Å². The van der Waals surface area contributed by atoms with E-state index in [2.05, 4.69) is 10.0 Å². The van der Waals surface area contributed by atoms with Gasteiger partial charge in [0, 0.05) is 10.7 Å². The van der Waals surface area contributed by atoms with Crippen molar-refractivity contribution in [2.45, 2.75) is 24.8 Å². The van der Waals surface area contributed by atoms with Gasteiger partial charge in [0.25, 0.3) is 5.91 Å². The van der Waals surface area contributed by atoms with Crippen LogP contribution in [0.15, 0.2) is 47.4 Å². The fourth-order valence-electron chi connectivity index (χ4n) is 2.23. The van der Waals surface area contributed by atoms with E-state index in [0.29, 0.717) is 16.5 Å². The van der Waals surface area contributed by atoms with Gasteiger partial charge in [0.15, 0.2) is 6.61 Å². The highest BCUT2D eigenvalue weighted by atomic mass is 35.5. The van der Waals surface area contributed by atoms with Gasteiger partial charge in [0.05, 0.1) is 12.0 Å². The molecular weight excluding hydrogens is 420 g/mol. The molecule has 0 saturated heterocycles. The lowest BCUT2D eigenvalue weighted by Crippen LogP contribution is -2.40. The average molecular weight is 441 g/mol. The van der Waals surface area contributed by atoms with Crippen LogP contribution in [-0.2, 0) is 24.3 Å². The van der Waals surface area contributed by atoms with Crippen molar-refractivity contribution in [1.82, 2.24) is 4.72 Å². The first kappa shape index (κ1) is 22.7. The number of esters is 1. The molecule has 0 radical (unpaired) electrons. The molecule has 1 amide bonds. The monoisotopic (exact) mass is 440 g/mol. The predicted octanol–water partition coefficient (Wildman–Crippen LogP) is 2.51. The van der Waals surface area contributed by atoms with E-state index in [9.17, 15) is 18.0 Å². The Hall–Kier alpha value is -2.62. The van der Waals surface area contributed by atoms with Gasteiger partial charge in [-0.2, -0.15) is 4.72 Å². The summed E-state index contributed by atoms with van der Waals surface area (Å²) >= 11 is 5.99. The zero-order valence-corrected chi connectivity index (χ0v) is 17.6. The number of carbonyl (C=O) groups excluding carboxylic acids is 2. The second kappa shape index (κ2) is 9.73. The maximum atomic E-state index is 12.3. The second-order valence-electron chi connectivity index (χ2n) is 6.14. The normalized spacial score (nSPS) is 12.1. The molecule has 2 aromatic rings. The topological polar surface area (TPSA) is 111 Å². The standard InChI is InChI=1S/C19H21ClN2O6S/c1-12-4-5-14(10-17(12)20)21-18(23)11-28-19(24)13(2)22-29(25,26)16-8-6-15(27-3)7-9-16/h4-10,13,22H,11H2,1-3H3,(H,21,23)/t13-/m0/s1. The third-order valence-corrected chi connectivity index (χ3v) is 5.82. The number of sulfonamides is 1. The molecule has 0 aliphatic rings. The highest BCUT2D eigenvalue weighted by Crippen LogP contribution is 2.20. The van der Waals surface area contributed by atoms with Crippen molar-refractivity contribution in [2.75, 3.05) is 19.0 Å². The summed E-state index contributed by atoms with van der Waals surface area (Å²) in [4.78, 5) is 23.9. The highest BCUT2D eigenvalue weighted by Gasteiger charge is 2.23. The maximum Gasteiger partial charge on any atom is 0.324 e. The van der Waals surface area contributed by atoms with E-state index in [1.54, 1.807) is 18.2 Å². The Kier molecular flexibility index (Phi) is 7.60. The number of nitrogens with one attached hydrogen (secondary N) is 2. The lowest BCUT2D eigenvalue weighted by molar-refractivity contribution is -0.148. The number of hydrogen-bond donors (Lipinski definition) is 2. The number of amides is 1. The Balaban J connectivity index is 1.88. The van der Waals surface area contributed by atoms with E-state index in [0.717, 1.165) is 5.56 Å². The lowest BCUT2D eigenvalue weighted by Gasteiger charge is -2.14. The molecule has 0 saturated carbocycles. The SMILES string of the molecule is COc1ccc(S(=O)(=O)N[C@@H](C)C(=O)OCC(=O)Nc2ccc(C)c(Cl)c2)cc1. The second-order valence-corrected chi connectivity index (χ2v) is 8.26. The van der Waals surface area contributed by atoms with Crippen molar-refractivity contribution in [2.24, 2.45) is 0 Å². The molecule has 29 heavy (non-hydrogen) atoms. The van der Waals surface area contributed by atoms with Gasteiger partial charge in [-0.25, -0.2) is 8.42 Å². The van der Waals surface area contributed by atoms with Gasteiger partial charge in [-0.15, -0.1) is 0 Å². The van der Waals surface area contributed by atoms with E-state index < -0.39 is 34.5 Å². The van der Waals surface area contributed by atoms with Gasteiger partial charge in [-0.3, -0.25) is 9.59 Å². The fourth-order valence-corrected chi connectivity index (χ4v) is 3.61. The van der Waals surface area contributed by atoms with E-state index >= 15 is 0 Å². The van der Waals surface area contributed by atoms with Crippen molar-refractivity contribution in [3.8, 4) is 5.75 Å². The summed E-state index contributed by atoms with van der Waals surface area (Å²) in [5.41, 5.74) is 1.31. The van der Waals surface area contributed by atoms with E-state index in [-0.39, 0.29) is 4.90 Å². The molecule has 156 valence electrons. The van der Waals surface area contributed by atoms with Gasteiger partial charge in [-0.1, -0.05) is 17.7 Å². The van der Waals surface area contributed by atoms with Gasteiger partial charge in [0.2, 0.25) is 10.0 Å². The van der Waals surface area contributed by atoms with Gasteiger partial charge >= 0.3 is 5.97 Å². The predicted molar refractivity (Wildman–Crippen MR) is 109 cm³/mol. The zero-order valence-electron chi connectivity index (χ0n) is 16.1. The molecule has 0 aliphatic carbocycles. The number of methoxy groups -OCH3 is 1. The lowest BCUT2D eigenvalue weighted by atomic mass is 10.2. The van der Waals surface area contributed by atoms with Crippen LogP contribution >= 0.6 is 11.6 Å². The van der Waals surface area contributed by atoms with E-state index in [1.807, 2.05) is 6.92 Å². The number of hydrogen-bond acceptors (Lipinski definition) is 6. The van der Waals surface area contributed by atoms with Crippen molar-refractivity contribution in [1.29, 1.82) is 0 Å². The van der Waals surface area contributed by atoms with Crippen LogP contribution in [0, 0.1) is 6.92 Å². The first-order valence-corrected chi connectivity index (χ1v) is 10.4. The molecule has 8 nitrogen and oxygen atoms in total. The molecule has 2 N–H and O–H groups in total. The Bertz CT molecular complexity index is 992. The van der Waals surface area contributed by atoms with Gasteiger partial charge in [-0.05, 0) is 55.8 Å². The summed E-state index contributed by atoms with van der Waals surface area (Å²) in [6.45, 7) is 2.57. The minimum atomic E-state index is -3.95. The van der Waals surface area contributed by atoms with Crippen LogP contribution in [0.25, 0.3) is 0 Å². The van der Waals surface area contributed by atoms with Crippen LogP contribution in [0.3, 0.4) is 0 Å². The van der Waals surface area contributed by atoms with Crippen molar-refractivity contribution in [3.05, 3.63) is 53.1 Å². The number of benzene rings is 2.